The van der Waals surface area contributed by atoms with Crippen molar-refractivity contribution in [2.45, 2.75) is 46.0 Å². The van der Waals surface area contributed by atoms with Crippen LogP contribution < -0.4 is 5.32 Å². The van der Waals surface area contributed by atoms with Crippen LogP contribution in [0.25, 0.3) is 6.08 Å². The van der Waals surface area contributed by atoms with E-state index in [0.717, 1.165) is 44.7 Å². The van der Waals surface area contributed by atoms with Crippen LogP contribution in [0.15, 0.2) is 52.8 Å². The van der Waals surface area contributed by atoms with Gasteiger partial charge in [0, 0.05) is 39.5 Å². The van der Waals surface area contributed by atoms with Crippen LogP contribution in [0.1, 0.15) is 55.9 Å². The van der Waals surface area contributed by atoms with Crippen LogP contribution in [-0.4, -0.2) is 10.8 Å². The molecule has 2 heterocycles. The van der Waals surface area contributed by atoms with Gasteiger partial charge in [-0.15, -0.1) is 0 Å². The van der Waals surface area contributed by atoms with Gasteiger partial charge in [-0.25, -0.2) is 4.98 Å². The van der Waals surface area contributed by atoms with E-state index in [4.69, 9.17) is 4.98 Å². The van der Waals surface area contributed by atoms with E-state index >= 15 is 0 Å². The van der Waals surface area contributed by atoms with E-state index in [1.807, 2.05) is 18.3 Å². The number of aromatic nitrogens is 1. The molecule has 3 nitrogen and oxygen atoms in total. The first-order valence-electron chi connectivity index (χ1n) is 9.60. The Hall–Kier alpha value is -2.20. The number of allylic oxidation sites excluding steroid dienone is 2. The fraction of sp³-hybridized carbons (Fsp3) is 0.333. The van der Waals surface area contributed by atoms with Crippen molar-refractivity contribution >= 4 is 33.6 Å². The van der Waals surface area contributed by atoms with Crippen LogP contribution in [0.5, 0.6) is 0 Å². The zero-order chi connectivity index (χ0) is 20.3. The standard InChI is InChI=1S/C24H25BrN2O/c1-6-15-13-26-22-20(21(15)25)24(5,16-10-8-7-9-14(16)2)19-17(27-22)11-23(3,4)12-18(19)28/h6-10,13H,1,11-12H2,2-5H3,(H,26,27). The number of benzene rings is 1. The van der Waals surface area contributed by atoms with E-state index in [-0.39, 0.29) is 11.2 Å². The van der Waals surface area contributed by atoms with Gasteiger partial charge in [-0.3, -0.25) is 4.79 Å². The summed E-state index contributed by atoms with van der Waals surface area (Å²) in [6.45, 7) is 12.5. The smallest absolute Gasteiger partial charge is 0.162 e. The Bertz CT molecular complexity index is 1050. The van der Waals surface area contributed by atoms with Gasteiger partial charge in [0.15, 0.2) is 5.78 Å². The molecule has 144 valence electrons. The molecule has 1 atom stereocenters. The van der Waals surface area contributed by atoms with Gasteiger partial charge in [-0.2, -0.15) is 0 Å². The Balaban J connectivity index is 2.11. The molecule has 0 saturated heterocycles. The number of carbonyl (C=O) groups excluding carboxylic acids is 1. The van der Waals surface area contributed by atoms with Crippen LogP contribution in [-0.2, 0) is 10.2 Å². The first-order chi connectivity index (χ1) is 13.2. The minimum atomic E-state index is -0.584. The summed E-state index contributed by atoms with van der Waals surface area (Å²) in [6.07, 6.45) is 5.00. The van der Waals surface area contributed by atoms with Gasteiger partial charge < -0.3 is 5.32 Å². The number of Topliss-reactive ketones (excluding diaryl/α,β-unsaturated/α-hetero) is 1. The van der Waals surface area contributed by atoms with Crippen LogP contribution >= 0.6 is 15.9 Å². The number of pyridine rings is 1. The molecule has 1 aliphatic carbocycles. The van der Waals surface area contributed by atoms with Gasteiger partial charge in [-0.1, -0.05) is 50.8 Å². The molecule has 4 heteroatoms. The number of fused-ring (bicyclic) bond motifs is 1. The van der Waals surface area contributed by atoms with Gasteiger partial charge >= 0.3 is 0 Å². The number of hydrogen-bond donors (Lipinski definition) is 1. The molecule has 0 fully saturated rings. The summed E-state index contributed by atoms with van der Waals surface area (Å²) in [5, 5.41) is 3.50. The third kappa shape index (κ3) is 2.69. The number of hydrogen-bond acceptors (Lipinski definition) is 3. The van der Waals surface area contributed by atoms with Crippen LogP contribution in [0.3, 0.4) is 0 Å². The van der Waals surface area contributed by atoms with Crippen LogP contribution in [0.2, 0.25) is 0 Å². The lowest BCUT2D eigenvalue weighted by Crippen LogP contribution is -2.43. The van der Waals surface area contributed by atoms with Crippen molar-refractivity contribution in [1.82, 2.24) is 4.98 Å². The molecule has 0 amide bonds. The van der Waals surface area contributed by atoms with E-state index in [9.17, 15) is 4.79 Å². The zero-order valence-corrected chi connectivity index (χ0v) is 18.4. The van der Waals surface area contributed by atoms with Crippen molar-refractivity contribution in [3.63, 3.8) is 0 Å². The number of halogens is 1. The van der Waals surface area contributed by atoms with Gasteiger partial charge in [0.2, 0.25) is 0 Å². The summed E-state index contributed by atoms with van der Waals surface area (Å²) in [4.78, 5) is 18.2. The largest absolute Gasteiger partial charge is 0.343 e. The number of carbonyl (C=O) groups is 1. The lowest BCUT2D eigenvalue weighted by molar-refractivity contribution is -0.118. The maximum atomic E-state index is 13.5. The second-order valence-electron chi connectivity index (χ2n) is 8.81. The molecule has 1 unspecified atom stereocenters. The highest BCUT2D eigenvalue weighted by atomic mass is 79.9. The lowest BCUT2D eigenvalue weighted by atomic mass is 9.61. The monoisotopic (exact) mass is 436 g/mol. The Morgan fingerprint density at radius 2 is 1.93 bits per heavy atom. The van der Waals surface area contributed by atoms with Crippen LogP contribution in [0.4, 0.5) is 5.82 Å². The number of nitrogens with one attached hydrogen (secondary N) is 1. The average Bonchev–Trinajstić information content (AvgIpc) is 2.60. The van der Waals surface area contributed by atoms with Crippen LogP contribution in [0, 0.1) is 12.3 Å². The third-order valence-electron chi connectivity index (χ3n) is 6.09. The molecule has 1 aromatic carbocycles. The quantitative estimate of drug-likeness (QED) is 0.611. The highest BCUT2D eigenvalue weighted by Gasteiger charge is 2.49. The summed E-state index contributed by atoms with van der Waals surface area (Å²) >= 11 is 3.80. The Morgan fingerprint density at radius 1 is 1.21 bits per heavy atom. The van der Waals surface area contributed by atoms with Crippen molar-refractivity contribution in [2.75, 3.05) is 5.32 Å². The van der Waals surface area contributed by atoms with Crippen molar-refractivity contribution in [2.24, 2.45) is 5.41 Å². The van der Waals surface area contributed by atoms with E-state index in [2.05, 4.69) is 67.7 Å². The van der Waals surface area contributed by atoms with Gasteiger partial charge in [-0.05, 0) is 52.7 Å². The van der Waals surface area contributed by atoms with Crippen molar-refractivity contribution < 1.29 is 4.79 Å². The summed E-state index contributed by atoms with van der Waals surface area (Å²) < 4.78 is 0.940. The Kier molecular flexibility index (Phi) is 4.38. The predicted molar refractivity (Wildman–Crippen MR) is 118 cm³/mol. The van der Waals surface area contributed by atoms with Crippen molar-refractivity contribution in [3.8, 4) is 0 Å². The van der Waals surface area contributed by atoms with E-state index < -0.39 is 5.41 Å². The molecule has 0 radical (unpaired) electrons. The molecular weight excluding hydrogens is 412 g/mol. The van der Waals surface area contributed by atoms with Crippen molar-refractivity contribution in [3.05, 3.63) is 75.0 Å². The molecular formula is C24H25BrN2O. The molecule has 4 rings (SSSR count). The summed E-state index contributed by atoms with van der Waals surface area (Å²) in [5.74, 6) is 1.03. The second-order valence-corrected chi connectivity index (χ2v) is 9.61. The van der Waals surface area contributed by atoms with Gasteiger partial charge in [0.1, 0.15) is 5.82 Å². The molecule has 1 aromatic heterocycles. The van der Waals surface area contributed by atoms with E-state index in [0.29, 0.717) is 6.42 Å². The van der Waals surface area contributed by atoms with E-state index in [1.165, 1.54) is 5.56 Å². The fourth-order valence-electron chi connectivity index (χ4n) is 4.88. The predicted octanol–water partition coefficient (Wildman–Crippen LogP) is 6.17. The number of rotatable bonds is 2. The topological polar surface area (TPSA) is 42.0 Å². The summed E-state index contributed by atoms with van der Waals surface area (Å²) in [6, 6.07) is 8.33. The minimum absolute atomic E-state index is 0.0641. The number of ketones is 1. The molecule has 0 bridgehead atoms. The summed E-state index contributed by atoms with van der Waals surface area (Å²) in [5.41, 5.74) is 5.47. The van der Waals surface area contributed by atoms with Gasteiger partial charge in [0.25, 0.3) is 0 Å². The fourth-order valence-corrected chi connectivity index (χ4v) is 5.72. The molecule has 28 heavy (non-hydrogen) atoms. The number of nitrogens with zero attached hydrogens (tertiary/aromatic N) is 1. The maximum Gasteiger partial charge on any atom is 0.162 e. The normalized spacial score (nSPS) is 23.0. The lowest BCUT2D eigenvalue weighted by Gasteiger charge is -2.45. The molecule has 0 saturated carbocycles. The highest BCUT2D eigenvalue weighted by Crippen LogP contribution is 2.54. The Morgan fingerprint density at radius 3 is 2.61 bits per heavy atom. The van der Waals surface area contributed by atoms with Gasteiger partial charge in [0.05, 0.1) is 5.41 Å². The molecule has 2 aliphatic rings. The first kappa shape index (κ1) is 19.1. The number of aryl methyl sites for hydroxylation is 1. The van der Waals surface area contributed by atoms with Crippen molar-refractivity contribution in [1.29, 1.82) is 0 Å². The molecule has 2 aromatic rings. The SMILES string of the molecule is C=Cc1cnc2c(c1Br)C(C)(c1ccccc1C)C1=C(CC(C)(C)CC1=O)N2. The maximum absolute atomic E-state index is 13.5. The highest BCUT2D eigenvalue weighted by molar-refractivity contribution is 9.10. The Labute approximate surface area is 175 Å². The van der Waals surface area contributed by atoms with E-state index in [1.54, 1.807) is 6.08 Å². The molecule has 1 N–H and O–H groups in total. The first-order valence-corrected chi connectivity index (χ1v) is 10.4. The summed E-state index contributed by atoms with van der Waals surface area (Å²) in [7, 11) is 0. The second kappa shape index (κ2) is 6.41. The zero-order valence-electron chi connectivity index (χ0n) is 16.8. The minimum Gasteiger partial charge on any atom is -0.343 e. The molecule has 1 aliphatic heterocycles. The third-order valence-corrected chi connectivity index (χ3v) is 6.94. The number of anilines is 1. The molecule has 0 spiro atoms. The average molecular weight is 437 g/mol.